The average Bonchev–Trinajstić information content (AvgIpc) is 2.66. The third-order valence-electron chi connectivity index (χ3n) is 3.94. The van der Waals surface area contributed by atoms with Crippen LogP contribution in [0.3, 0.4) is 0 Å². The average molecular weight is 399 g/mol. The number of amides is 1. The minimum Gasteiger partial charge on any atom is -0.320 e. The van der Waals surface area contributed by atoms with Crippen LogP contribution >= 0.6 is 11.6 Å². The largest absolute Gasteiger partial charge is 0.328 e. The van der Waals surface area contributed by atoms with Crippen molar-refractivity contribution in [2.24, 2.45) is 0 Å². The molecule has 2 aromatic carbocycles. The Kier molecular flexibility index (Phi) is 5.38. The lowest BCUT2D eigenvalue weighted by Crippen LogP contribution is -2.39. The van der Waals surface area contributed by atoms with Gasteiger partial charge in [0.05, 0.1) is 17.8 Å². The summed E-state index contributed by atoms with van der Waals surface area (Å²) < 4.78 is 14.6. The zero-order valence-electron chi connectivity index (χ0n) is 14.2. The Morgan fingerprint density at radius 3 is 2.71 bits per heavy atom. The number of hydrogen-bond donors (Lipinski definition) is 2. The Bertz CT molecular complexity index is 1230. The van der Waals surface area contributed by atoms with Crippen LogP contribution in [-0.2, 0) is 6.54 Å². The molecule has 1 amide bonds. The van der Waals surface area contributed by atoms with Gasteiger partial charge >= 0.3 is 5.69 Å². The van der Waals surface area contributed by atoms with Crippen LogP contribution in [0, 0.1) is 17.1 Å². The lowest BCUT2D eigenvalue weighted by Gasteiger charge is -2.10. The van der Waals surface area contributed by atoms with Gasteiger partial charge in [-0.1, -0.05) is 29.8 Å². The van der Waals surface area contributed by atoms with Crippen molar-refractivity contribution in [3.8, 4) is 6.07 Å². The highest BCUT2D eigenvalue weighted by atomic mass is 35.5. The van der Waals surface area contributed by atoms with E-state index >= 15 is 0 Å². The topological polar surface area (TPSA) is 108 Å². The summed E-state index contributed by atoms with van der Waals surface area (Å²) in [5.74, 6) is -1.43. The Labute approximate surface area is 162 Å². The normalized spacial score (nSPS) is 10.3. The van der Waals surface area contributed by atoms with Gasteiger partial charge in [-0.15, -0.1) is 0 Å². The summed E-state index contributed by atoms with van der Waals surface area (Å²) in [5, 5.41) is 11.8. The molecule has 0 saturated carbocycles. The van der Waals surface area contributed by atoms with E-state index in [1.807, 2.05) is 6.07 Å². The summed E-state index contributed by atoms with van der Waals surface area (Å²) in [6.07, 6.45) is 0.967. The van der Waals surface area contributed by atoms with Gasteiger partial charge in [0.15, 0.2) is 0 Å². The number of nitrogens with one attached hydrogen (secondary N) is 2. The lowest BCUT2D eigenvalue weighted by atomic mass is 10.2. The molecule has 3 rings (SSSR count). The van der Waals surface area contributed by atoms with E-state index in [-0.39, 0.29) is 33.9 Å². The van der Waals surface area contributed by atoms with Crippen LogP contribution < -0.4 is 16.6 Å². The van der Waals surface area contributed by atoms with Crippen LogP contribution in [-0.4, -0.2) is 15.5 Å². The summed E-state index contributed by atoms with van der Waals surface area (Å²) in [4.78, 5) is 39.5. The smallest absolute Gasteiger partial charge is 0.320 e. The third-order valence-corrected chi connectivity index (χ3v) is 4.18. The Balaban J connectivity index is 1.98. The number of carbonyl (C=O) groups excluding carboxylic acids is 1. The number of H-pyrrole nitrogens is 1. The van der Waals surface area contributed by atoms with Crippen molar-refractivity contribution < 1.29 is 9.18 Å². The van der Waals surface area contributed by atoms with Gasteiger partial charge in [0.2, 0.25) is 0 Å². The van der Waals surface area contributed by atoms with E-state index in [1.54, 1.807) is 6.07 Å². The molecule has 0 atom stereocenters. The van der Waals surface area contributed by atoms with Crippen molar-refractivity contribution in [3.05, 3.63) is 97.0 Å². The highest BCUT2D eigenvalue weighted by Gasteiger charge is 2.17. The minimum atomic E-state index is -0.898. The summed E-state index contributed by atoms with van der Waals surface area (Å²) in [6.45, 7) is -0.345. The zero-order chi connectivity index (χ0) is 20.3. The molecule has 0 saturated heterocycles. The molecular weight excluding hydrogens is 387 g/mol. The molecule has 0 aliphatic carbocycles. The number of benzene rings is 2. The molecule has 0 radical (unpaired) electrons. The van der Waals surface area contributed by atoms with Gasteiger partial charge in [0.25, 0.3) is 11.5 Å². The first-order valence-corrected chi connectivity index (χ1v) is 8.35. The van der Waals surface area contributed by atoms with Crippen molar-refractivity contribution in [2.75, 3.05) is 5.32 Å². The maximum atomic E-state index is 13.9. The predicted molar refractivity (Wildman–Crippen MR) is 101 cm³/mol. The fourth-order valence-corrected chi connectivity index (χ4v) is 2.69. The minimum absolute atomic E-state index is 0.117. The van der Waals surface area contributed by atoms with Crippen LogP contribution in [0.4, 0.5) is 10.1 Å². The Morgan fingerprint density at radius 1 is 1.25 bits per heavy atom. The SMILES string of the molecule is N#Cc1ccc(Cl)cc1NC(=O)c1c[nH]c(=O)n(Cc2ccccc2F)c1=O. The van der Waals surface area contributed by atoms with Crippen LogP contribution in [0.2, 0.25) is 5.02 Å². The third kappa shape index (κ3) is 3.84. The maximum Gasteiger partial charge on any atom is 0.328 e. The molecule has 1 heterocycles. The van der Waals surface area contributed by atoms with E-state index in [0.717, 1.165) is 10.8 Å². The van der Waals surface area contributed by atoms with Gasteiger partial charge in [0.1, 0.15) is 17.4 Å². The Morgan fingerprint density at radius 2 is 2.00 bits per heavy atom. The van der Waals surface area contributed by atoms with E-state index in [4.69, 9.17) is 16.9 Å². The predicted octanol–water partition coefficient (Wildman–Crippen LogP) is 2.50. The number of aromatic nitrogens is 2. The molecule has 0 aliphatic rings. The van der Waals surface area contributed by atoms with Gasteiger partial charge < -0.3 is 10.3 Å². The van der Waals surface area contributed by atoms with Crippen LogP contribution in [0.5, 0.6) is 0 Å². The number of hydrogen-bond acceptors (Lipinski definition) is 4. The number of anilines is 1. The second-order valence-electron chi connectivity index (χ2n) is 5.75. The van der Waals surface area contributed by atoms with Gasteiger partial charge in [0, 0.05) is 16.8 Å². The monoisotopic (exact) mass is 398 g/mol. The van der Waals surface area contributed by atoms with Gasteiger partial charge in [-0.05, 0) is 24.3 Å². The lowest BCUT2D eigenvalue weighted by molar-refractivity contribution is 0.102. The molecule has 1 aromatic heterocycles. The van der Waals surface area contributed by atoms with Crippen molar-refractivity contribution in [3.63, 3.8) is 0 Å². The molecule has 0 bridgehead atoms. The standard InChI is InChI=1S/C19H12ClFN4O3/c20-13-6-5-11(8-22)16(7-13)24-17(26)14-9-23-19(28)25(18(14)27)10-12-3-1-2-4-15(12)21/h1-7,9H,10H2,(H,23,28)(H,24,26). The number of carbonyl (C=O) groups is 1. The molecule has 28 heavy (non-hydrogen) atoms. The molecular formula is C19H12ClFN4O3. The molecule has 7 nitrogen and oxygen atoms in total. The second kappa shape index (κ2) is 7.90. The van der Waals surface area contributed by atoms with E-state index in [1.165, 1.54) is 36.4 Å². The van der Waals surface area contributed by atoms with Gasteiger partial charge in [-0.3, -0.25) is 14.2 Å². The molecule has 140 valence electrons. The summed E-state index contributed by atoms with van der Waals surface area (Å²) in [7, 11) is 0. The molecule has 9 heteroatoms. The zero-order valence-corrected chi connectivity index (χ0v) is 15.0. The molecule has 0 fully saturated rings. The van der Waals surface area contributed by atoms with Gasteiger partial charge in [-0.2, -0.15) is 5.26 Å². The van der Waals surface area contributed by atoms with Crippen molar-refractivity contribution in [1.29, 1.82) is 5.26 Å². The van der Waals surface area contributed by atoms with E-state index < -0.39 is 23.0 Å². The summed E-state index contributed by atoms with van der Waals surface area (Å²) >= 11 is 5.88. The second-order valence-corrected chi connectivity index (χ2v) is 6.18. The number of nitrogens with zero attached hydrogens (tertiary/aromatic N) is 2. The quantitative estimate of drug-likeness (QED) is 0.703. The van der Waals surface area contributed by atoms with Crippen LogP contribution in [0.25, 0.3) is 0 Å². The van der Waals surface area contributed by atoms with Crippen molar-refractivity contribution in [2.45, 2.75) is 6.54 Å². The number of aromatic amines is 1. The fraction of sp³-hybridized carbons (Fsp3) is 0.0526. The van der Waals surface area contributed by atoms with E-state index in [2.05, 4.69) is 10.3 Å². The molecule has 0 aliphatic heterocycles. The molecule has 0 unspecified atom stereocenters. The van der Waals surface area contributed by atoms with Gasteiger partial charge in [-0.25, -0.2) is 9.18 Å². The highest BCUT2D eigenvalue weighted by molar-refractivity contribution is 6.31. The number of halogens is 2. The first kappa shape index (κ1) is 19.1. The number of nitriles is 1. The molecule has 0 spiro atoms. The van der Waals surface area contributed by atoms with E-state index in [0.29, 0.717) is 0 Å². The fourth-order valence-electron chi connectivity index (χ4n) is 2.52. The van der Waals surface area contributed by atoms with Crippen LogP contribution in [0.15, 0.2) is 58.3 Å². The maximum absolute atomic E-state index is 13.9. The highest BCUT2D eigenvalue weighted by Crippen LogP contribution is 2.20. The van der Waals surface area contributed by atoms with E-state index in [9.17, 15) is 18.8 Å². The summed E-state index contributed by atoms with van der Waals surface area (Å²) in [5.41, 5.74) is -1.68. The number of rotatable bonds is 4. The Hall–Kier alpha value is -3.70. The van der Waals surface area contributed by atoms with Crippen molar-refractivity contribution in [1.82, 2.24) is 9.55 Å². The first-order chi connectivity index (χ1) is 13.4. The molecule has 3 aromatic rings. The summed E-state index contributed by atoms with van der Waals surface area (Å²) in [6, 6.07) is 11.8. The molecule has 2 N–H and O–H groups in total. The van der Waals surface area contributed by atoms with Crippen LogP contribution in [0.1, 0.15) is 21.5 Å². The first-order valence-electron chi connectivity index (χ1n) is 7.97. The van der Waals surface area contributed by atoms with Crippen molar-refractivity contribution >= 4 is 23.2 Å².